The standard InChI is InChI=1S/C16H20N4O2S/c1-5-10-6-7-11(22-10)13(16(2,3)4)18-14-19-20-12(21)8-9-17-15(20)23-14/h6-9,13H,5H2,1-4H3,(H,18,19)/t13-/m0/s1. The Morgan fingerprint density at radius 3 is 2.74 bits per heavy atom. The van der Waals surface area contributed by atoms with Gasteiger partial charge < -0.3 is 9.73 Å². The van der Waals surface area contributed by atoms with Gasteiger partial charge in [0.1, 0.15) is 11.5 Å². The van der Waals surface area contributed by atoms with Gasteiger partial charge in [0.15, 0.2) is 0 Å². The van der Waals surface area contributed by atoms with E-state index in [2.05, 4.69) is 43.1 Å². The van der Waals surface area contributed by atoms with Gasteiger partial charge in [0.25, 0.3) is 5.56 Å². The summed E-state index contributed by atoms with van der Waals surface area (Å²) in [5.74, 6) is 1.83. The predicted molar refractivity (Wildman–Crippen MR) is 91.0 cm³/mol. The number of anilines is 1. The molecule has 7 heteroatoms. The lowest BCUT2D eigenvalue weighted by molar-refractivity contribution is 0.298. The molecule has 3 aromatic rings. The summed E-state index contributed by atoms with van der Waals surface area (Å²) in [6, 6.07) is 5.34. The number of hydrogen-bond acceptors (Lipinski definition) is 6. The lowest BCUT2D eigenvalue weighted by atomic mass is 9.85. The largest absolute Gasteiger partial charge is 0.464 e. The summed E-state index contributed by atoms with van der Waals surface area (Å²) in [7, 11) is 0. The predicted octanol–water partition coefficient (Wildman–Crippen LogP) is 3.51. The van der Waals surface area contributed by atoms with Gasteiger partial charge in [-0.3, -0.25) is 4.79 Å². The minimum atomic E-state index is -0.183. The van der Waals surface area contributed by atoms with Gasteiger partial charge in [-0.05, 0) is 17.5 Å². The van der Waals surface area contributed by atoms with E-state index in [0.29, 0.717) is 10.1 Å². The molecule has 1 N–H and O–H groups in total. The summed E-state index contributed by atoms with van der Waals surface area (Å²) in [5, 5.41) is 8.38. The molecular weight excluding hydrogens is 312 g/mol. The van der Waals surface area contributed by atoms with E-state index >= 15 is 0 Å². The zero-order valence-electron chi connectivity index (χ0n) is 13.7. The van der Waals surface area contributed by atoms with Gasteiger partial charge in [-0.15, -0.1) is 5.10 Å². The molecule has 3 rings (SSSR count). The average Bonchev–Trinajstić information content (AvgIpc) is 3.10. The molecule has 122 valence electrons. The summed E-state index contributed by atoms with van der Waals surface area (Å²) >= 11 is 1.35. The van der Waals surface area contributed by atoms with E-state index in [1.54, 1.807) is 0 Å². The normalized spacial score (nSPS) is 13.4. The Balaban J connectivity index is 1.97. The van der Waals surface area contributed by atoms with Crippen LogP contribution in [-0.4, -0.2) is 14.6 Å². The number of hydrogen-bond donors (Lipinski definition) is 1. The van der Waals surface area contributed by atoms with Crippen LogP contribution in [0.25, 0.3) is 4.96 Å². The number of aromatic nitrogens is 3. The van der Waals surface area contributed by atoms with Crippen LogP contribution in [0.15, 0.2) is 33.6 Å². The SMILES string of the molecule is CCc1ccc([C@H](Nc2nn3c(=O)ccnc3s2)C(C)(C)C)o1. The van der Waals surface area contributed by atoms with Crippen LogP contribution < -0.4 is 10.9 Å². The highest BCUT2D eigenvalue weighted by Crippen LogP contribution is 2.37. The molecule has 0 saturated heterocycles. The maximum Gasteiger partial charge on any atom is 0.275 e. The van der Waals surface area contributed by atoms with Crippen molar-refractivity contribution in [3.63, 3.8) is 0 Å². The zero-order chi connectivity index (χ0) is 16.6. The molecule has 0 aromatic carbocycles. The van der Waals surface area contributed by atoms with Gasteiger partial charge >= 0.3 is 0 Å². The zero-order valence-corrected chi connectivity index (χ0v) is 14.5. The summed E-state index contributed by atoms with van der Waals surface area (Å²) in [6.07, 6.45) is 2.36. The number of aryl methyl sites for hydroxylation is 1. The first kappa shape index (κ1) is 15.7. The first-order valence-electron chi connectivity index (χ1n) is 7.58. The molecule has 0 radical (unpaired) electrons. The Morgan fingerprint density at radius 2 is 2.13 bits per heavy atom. The second-order valence-corrected chi connectivity index (χ2v) is 7.44. The highest BCUT2D eigenvalue weighted by atomic mass is 32.1. The molecule has 6 nitrogen and oxygen atoms in total. The molecule has 0 bridgehead atoms. The quantitative estimate of drug-likeness (QED) is 0.791. The summed E-state index contributed by atoms with van der Waals surface area (Å²) in [4.78, 5) is 16.6. The minimum absolute atomic E-state index is 0.0564. The van der Waals surface area contributed by atoms with Crippen LogP contribution in [0.5, 0.6) is 0 Å². The Morgan fingerprint density at radius 1 is 1.35 bits per heavy atom. The van der Waals surface area contributed by atoms with Gasteiger partial charge in [-0.2, -0.15) is 4.52 Å². The Bertz CT molecular complexity index is 872. The van der Waals surface area contributed by atoms with E-state index in [0.717, 1.165) is 17.9 Å². The fourth-order valence-electron chi connectivity index (χ4n) is 2.38. The first-order chi connectivity index (χ1) is 10.9. The van der Waals surface area contributed by atoms with E-state index in [-0.39, 0.29) is 17.0 Å². The molecule has 0 unspecified atom stereocenters. The van der Waals surface area contributed by atoms with Crippen LogP contribution in [0.4, 0.5) is 5.13 Å². The van der Waals surface area contributed by atoms with Crippen LogP contribution >= 0.6 is 11.3 Å². The molecule has 3 aromatic heterocycles. The third-order valence-electron chi connectivity index (χ3n) is 3.62. The Labute approximate surface area is 138 Å². The number of nitrogens with zero attached hydrogens (tertiary/aromatic N) is 3. The number of furan rings is 1. The third kappa shape index (κ3) is 3.14. The smallest absolute Gasteiger partial charge is 0.275 e. The van der Waals surface area contributed by atoms with Crippen molar-refractivity contribution in [1.82, 2.24) is 14.6 Å². The highest BCUT2D eigenvalue weighted by Gasteiger charge is 2.30. The fourth-order valence-corrected chi connectivity index (χ4v) is 3.18. The van der Waals surface area contributed by atoms with Crippen molar-refractivity contribution >= 4 is 21.4 Å². The number of fused-ring (bicyclic) bond motifs is 1. The second-order valence-electron chi connectivity index (χ2n) is 6.49. The molecule has 1 atom stereocenters. The lowest BCUT2D eigenvalue weighted by Crippen LogP contribution is -2.25. The van der Waals surface area contributed by atoms with Gasteiger partial charge in [-0.25, -0.2) is 4.98 Å². The van der Waals surface area contributed by atoms with Crippen molar-refractivity contribution in [2.75, 3.05) is 5.32 Å². The molecule has 0 fully saturated rings. The van der Waals surface area contributed by atoms with Gasteiger partial charge in [0, 0.05) is 18.7 Å². The van der Waals surface area contributed by atoms with Gasteiger partial charge in [-0.1, -0.05) is 39.0 Å². The second kappa shape index (κ2) is 5.81. The van der Waals surface area contributed by atoms with E-state index in [4.69, 9.17) is 4.42 Å². The topological polar surface area (TPSA) is 72.4 Å². The van der Waals surface area contributed by atoms with Crippen LogP contribution in [0.1, 0.15) is 45.3 Å². The molecule has 3 heterocycles. The van der Waals surface area contributed by atoms with Crippen LogP contribution in [-0.2, 0) is 6.42 Å². The summed E-state index contributed by atoms with van der Waals surface area (Å²) < 4.78 is 7.23. The molecule has 0 aliphatic heterocycles. The maximum atomic E-state index is 11.8. The highest BCUT2D eigenvalue weighted by molar-refractivity contribution is 7.20. The molecule has 0 spiro atoms. The lowest BCUT2D eigenvalue weighted by Gasteiger charge is -2.29. The van der Waals surface area contributed by atoms with Crippen LogP contribution in [0.3, 0.4) is 0 Å². The fraction of sp³-hybridized carbons (Fsp3) is 0.438. The Kier molecular flexibility index (Phi) is 3.97. The molecule has 0 aliphatic rings. The molecule has 23 heavy (non-hydrogen) atoms. The summed E-state index contributed by atoms with van der Waals surface area (Å²) in [5.41, 5.74) is -0.267. The number of nitrogens with one attached hydrogen (secondary N) is 1. The minimum Gasteiger partial charge on any atom is -0.464 e. The van der Waals surface area contributed by atoms with Crippen molar-refractivity contribution in [2.24, 2.45) is 5.41 Å². The number of rotatable bonds is 4. The van der Waals surface area contributed by atoms with Crippen molar-refractivity contribution in [2.45, 2.75) is 40.2 Å². The Hall–Kier alpha value is -2.15. The molecule has 0 amide bonds. The summed E-state index contributed by atoms with van der Waals surface area (Å²) in [6.45, 7) is 8.47. The van der Waals surface area contributed by atoms with E-state index in [1.807, 2.05) is 12.1 Å². The van der Waals surface area contributed by atoms with Gasteiger partial charge in [0.2, 0.25) is 10.1 Å². The monoisotopic (exact) mass is 332 g/mol. The van der Waals surface area contributed by atoms with Crippen molar-refractivity contribution in [3.8, 4) is 0 Å². The molecule has 0 saturated carbocycles. The van der Waals surface area contributed by atoms with Gasteiger partial charge in [0.05, 0.1) is 6.04 Å². The van der Waals surface area contributed by atoms with Crippen LogP contribution in [0.2, 0.25) is 0 Å². The third-order valence-corrected chi connectivity index (χ3v) is 4.47. The van der Waals surface area contributed by atoms with Crippen molar-refractivity contribution in [3.05, 3.63) is 46.3 Å². The molecule has 0 aliphatic carbocycles. The van der Waals surface area contributed by atoms with E-state index in [1.165, 1.54) is 28.1 Å². The van der Waals surface area contributed by atoms with Crippen LogP contribution in [0, 0.1) is 5.41 Å². The van der Waals surface area contributed by atoms with Crippen molar-refractivity contribution < 1.29 is 4.42 Å². The molecular formula is C16H20N4O2S. The van der Waals surface area contributed by atoms with Crippen molar-refractivity contribution in [1.29, 1.82) is 0 Å². The first-order valence-corrected chi connectivity index (χ1v) is 8.40. The average molecular weight is 332 g/mol. The van der Waals surface area contributed by atoms with E-state index in [9.17, 15) is 4.79 Å². The van der Waals surface area contributed by atoms with E-state index < -0.39 is 0 Å². The maximum absolute atomic E-state index is 11.8.